The minimum Gasteiger partial charge on any atom is -0.481 e. The predicted octanol–water partition coefficient (Wildman–Crippen LogP) is 2.66. The molecule has 3 nitrogen and oxygen atoms in total. The third-order valence-electron chi connectivity index (χ3n) is 2.63. The molecule has 0 bridgehead atoms. The monoisotopic (exact) mass is 241 g/mol. The number of aliphatic carboxylic acids is 1. The van der Waals surface area contributed by atoms with Crippen molar-refractivity contribution in [3.63, 3.8) is 0 Å². The zero-order chi connectivity index (χ0) is 12.1. The lowest BCUT2D eigenvalue weighted by molar-refractivity contribution is -0.137. The number of hydrogen-bond acceptors (Lipinski definition) is 3. The first-order valence-electron chi connectivity index (χ1n) is 5.53. The number of rotatable bonds is 6. The summed E-state index contributed by atoms with van der Waals surface area (Å²) in [5.41, 5.74) is 1.33. The van der Waals surface area contributed by atoms with Crippen LogP contribution in [0, 0.1) is 13.8 Å². The molecule has 0 atom stereocenters. The van der Waals surface area contributed by atoms with Gasteiger partial charge in [-0.3, -0.25) is 9.69 Å². The van der Waals surface area contributed by atoms with Gasteiger partial charge in [0.2, 0.25) is 0 Å². The second kappa shape index (κ2) is 6.01. The zero-order valence-electron chi connectivity index (χ0n) is 10.1. The Bertz CT molecular complexity index is 360. The predicted molar refractivity (Wildman–Crippen MR) is 67.0 cm³/mol. The van der Waals surface area contributed by atoms with Gasteiger partial charge >= 0.3 is 5.97 Å². The normalized spacial score (nSPS) is 11.0. The Morgan fingerprint density at radius 3 is 2.62 bits per heavy atom. The summed E-state index contributed by atoms with van der Waals surface area (Å²) in [5, 5.41) is 8.66. The number of carbonyl (C=O) groups is 1. The van der Waals surface area contributed by atoms with E-state index in [0.29, 0.717) is 6.54 Å². The molecule has 0 radical (unpaired) electrons. The molecule has 1 heterocycles. The van der Waals surface area contributed by atoms with Crippen LogP contribution in [0.25, 0.3) is 0 Å². The van der Waals surface area contributed by atoms with Gasteiger partial charge in [-0.25, -0.2) is 0 Å². The fourth-order valence-corrected chi connectivity index (χ4v) is 2.62. The SMILES string of the molecule is CCN(CCC(=O)O)Cc1cc(C)sc1C. The highest BCUT2D eigenvalue weighted by Gasteiger charge is 2.09. The lowest BCUT2D eigenvalue weighted by atomic mass is 10.2. The summed E-state index contributed by atoms with van der Waals surface area (Å²) in [4.78, 5) is 15.3. The van der Waals surface area contributed by atoms with Crippen LogP contribution in [-0.2, 0) is 11.3 Å². The summed E-state index contributed by atoms with van der Waals surface area (Å²) in [5.74, 6) is -0.725. The van der Waals surface area contributed by atoms with E-state index in [1.165, 1.54) is 15.3 Å². The summed E-state index contributed by atoms with van der Waals surface area (Å²) in [7, 11) is 0. The smallest absolute Gasteiger partial charge is 0.304 e. The molecule has 1 aromatic rings. The number of carboxylic acid groups (broad SMARTS) is 1. The van der Waals surface area contributed by atoms with Gasteiger partial charge in [-0.1, -0.05) is 6.92 Å². The van der Waals surface area contributed by atoms with E-state index in [4.69, 9.17) is 5.11 Å². The summed E-state index contributed by atoms with van der Waals surface area (Å²) < 4.78 is 0. The fourth-order valence-electron chi connectivity index (χ4n) is 1.68. The lowest BCUT2D eigenvalue weighted by Crippen LogP contribution is -2.25. The van der Waals surface area contributed by atoms with Crippen LogP contribution in [0.2, 0.25) is 0 Å². The Kier molecular flexibility index (Phi) is 4.96. The molecule has 1 aromatic heterocycles. The van der Waals surface area contributed by atoms with Crippen molar-refractivity contribution in [2.75, 3.05) is 13.1 Å². The highest BCUT2D eigenvalue weighted by Crippen LogP contribution is 2.21. The van der Waals surface area contributed by atoms with E-state index < -0.39 is 5.97 Å². The molecule has 90 valence electrons. The van der Waals surface area contributed by atoms with Gasteiger partial charge in [-0.05, 0) is 32.0 Å². The van der Waals surface area contributed by atoms with Crippen LogP contribution >= 0.6 is 11.3 Å². The molecule has 0 saturated heterocycles. The second-order valence-electron chi connectivity index (χ2n) is 3.95. The van der Waals surface area contributed by atoms with Crippen molar-refractivity contribution >= 4 is 17.3 Å². The minimum absolute atomic E-state index is 0.218. The molecule has 0 amide bonds. The van der Waals surface area contributed by atoms with Gasteiger partial charge in [0, 0.05) is 22.8 Å². The number of thiophene rings is 1. The van der Waals surface area contributed by atoms with E-state index in [2.05, 4.69) is 31.7 Å². The quantitative estimate of drug-likeness (QED) is 0.832. The first-order chi connectivity index (χ1) is 7.52. The molecule has 1 rings (SSSR count). The third-order valence-corrected chi connectivity index (χ3v) is 3.64. The maximum Gasteiger partial charge on any atom is 0.304 e. The molecule has 0 unspecified atom stereocenters. The van der Waals surface area contributed by atoms with E-state index in [-0.39, 0.29) is 6.42 Å². The fraction of sp³-hybridized carbons (Fsp3) is 0.583. The van der Waals surface area contributed by atoms with Gasteiger partial charge < -0.3 is 5.11 Å². The molecule has 0 aliphatic heterocycles. The van der Waals surface area contributed by atoms with Crippen molar-refractivity contribution in [1.29, 1.82) is 0 Å². The first kappa shape index (κ1) is 13.2. The molecule has 0 fully saturated rings. The van der Waals surface area contributed by atoms with Crippen LogP contribution in [0.4, 0.5) is 0 Å². The van der Waals surface area contributed by atoms with Crippen molar-refractivity contribution in [2.45, 2.75) is 33.7 Å². The molecule has 0 aromatic carbocycles. The molecule has 0 saturated carbocycles. The Morgan fingerprint density at radius 1 is 1.50 bits per heavy atom. The van der Waals surface area contributed by atoms with Crippen molar-refractivity contribution in [3.8, 4) is 0 Å². The topological polar surface area (TPSA) is 40.5 Å². The van der Waals surface area contributed by atoms with Crippen LogP contribution < -0.4 is 0 Å². The maximum absolute atomic E-state index is 10.5. The minimum atomic E-state index is -0.725. The molecular weight excluding hydrogens is 222 g/mol. The van der Waals surface area contributed by atoms with Gasteiger partial charge in [0.25, 0.3) is 0 Å². The van der Waals surface area contributed by atoms with Gasteiger partial charge in [0.15, 0.2) is 0 Å². The van der Waals surface area contributed by atoms with E-state index in [1.807, 2.05) is 0 Å². The van der Waals surface area contributed by atoms with Gasteiger partial charge in [-0.2, -0.15) is 0 Å². The molecular formula is C12H19NO2S. The number of nitrogens with zero attached hydrogens (tertiary/aromatic N) is 1. The largest absolute Gasteiger partial charge is 0.481 e. The summed E-state index contributed by atoms with van der Waals surface area (Å²) in [6.45, 7) is 8.67. The third kappa shape index (κ3) is 3.94. The van der Waals surface area contributed by atoms with Gasteiger partial charge in [0.05, 0.1) is 6.42 Å². The molecule has 1 N–H and O–H groups in total. The Hall–Kier alpha value is -0.870. The first-order valence-corrected chi connectivity index (χ1v) is 6.34. The van der Waals surface area contributed by atoms with E-state index in [0.717, 1.165) is 13.1 Å². The van der Waals surface area contributed by atoms with Crippen molar-refractivity contribution < 1.29 is 9.90 Å². The highest BCUT2D eigenvalue weighted by atomic mass is 32.1. The summed E-state index contributed by atoms with van der Waals surface area (Å²) in [6.07, 6.45) is 0.218. The molecule has 0 aliphatic carbocycles. The Morgan fingerprint density at radius 2 is 2.19 bits per heavy atom. The molecule has 0 aliphatic rings. The van der Waals surface area contributed by atoms with Crippen LogP contribution in [0.1, 0.15) is 28.7 Å². The van der Waals surface area contributed by atoms with Crippen molar-refractivity contribution in [3.05, 3.63) is 21.4 Å². The maximum atomic E-state index is 10.5. The Labute approximate surface area is 101 Å². The lowest BCUT2D eigenvalue weighted by Gasteiger charge is -2.19. The molecule has 4 heteroatoms. The van der Waals surface area contributed by atoms with E-state index in [1.54, 1.807) is 11.3 Å². The van der Waals surface area contributed by atoms with Crippen LogP contribution in [0.3, 0.4) is 0 Å². The second-order valence-corrected chi connectivity index (χ2v) is 5.41. The zero-order valence-corrected chi connectivity index (χ0v) is 10.9. The molecule has 16 heavy (non-hydrogen) atoms. The van der Waals surface area contributed by atoms with E-state index in [9.17, 15) is 4.79 Å². The van der Waals surface area contributed by atoms with Crippen LogP contribution in [-0.4, -0.2) is 29.1 Å². The van der Waals surface area contributed by atoms with Gasteiger partial charge in [-0.15, -0.1) is 11.3 Å². The van der Waals surface area contributed by atoms with Crippen molar-refractivity contribution in [2.24, 2.45) is 0 Å². The van der Waals surface area contributed by atoms with Crippen LogP contribution in [0.15, 0.2) is 6.07 Å². The Balaban J connectivity index is 2.56. The van der Waals surface area contributed by atoms with Crippen LogP contribution in [0.5, 0.6) is 0 Å². The standard InChI is InChI=1S/C12H19NO2S/c1-4-13(6-5-12(14)15)8-11-7-9(2)16-10(11)3/h7H,4-6,8H2,1-3H3,(H,14,15). The van der Waals surface area contributed by atoms with Crippen molar-refractivity contribution in [1.82, 2.24) is 4.90 Å². The summed E-state index contributed by atoms with van der Waals surface area (Å²) >= 11 is 1.80. The van der Waals surface area contributed by atoms with Gasteiger partial charge in [0.1, 0.15) is 0 Å². The number of hydrogen-bond donors (Lipinski definition) is 1. The average Bonchev–Trinajstić information content (AvgIpc) is 2.51. The number of carboxylic acids is 1. The average molecular weight is 241 g/mol. The summed E-state index contributed by atoms with van der Waals surface area (Å²) in [6, 6.07) is 2.20. The highest BCUT2D eigenvalue weighted by molar-refractivity contribution is 7.12. The number of aryl methyl sites for hydroxylation is 2. The van der Waals surface area contributed by atoms with E-state index >= 15 is 0 Å². The molecule has 0 spiro atoms.